The minimum Gasteiger partial charge on any atom is -0.206 e. The highest BCUT2D eigenvalue weighted by molar-refractivity contribution is 8.15. The first-order chi connectivity index (χ1) is 6.97. The van der Waals surface area contributed by atoms with E-state index in [0.29, 0.717) is 9.75 Å². The molecule has 0 saturated carbocycles. The molecule has 0 bridgehead atoms. The van der Waals surface area contributed by atoms with E-state index in [0.717, 1.165) is 22.7 Å². The quantitative estimate of drug-likeness (QED) is 0.790. The predicted molar refractivity (Wildman–Crippen MR) is 60.6 cm³/mol. The van der Waals surface area contributed by atoms with Gasteiger partial charge < -0.3 is 0 Å². The van der Waals surface area contributed by atoms with Crippen LogP contribution >= 0.6 is 33.4 Å². The average molecular weight is 283 g/mol. The Morgan fingerprint density at radius 1 is 1.07 bits per heavy atom. The topological polar surface area (TPSA) is 34.1 Å². The van der Waals surface area contributed by atoms with Crippen molar-refractivity contribution in [2.45, 2.75) is 4.21 Å². The van der Waals surface area contributed by atoms with Crippen molar-refractivity contribution in [1.82, 2.24) is 0 Å². The van der Waals surface area contributed by atoms with E-state index in [1.54, 1.807) is 12.1 Å². The van der Waals surface area contributed by atoms with Gasteiger partial charge in [0.25, 0.3) is 9.05 Å². The van der Waals surface area contributed by atoms with Gasteiger partial charge in [0.1, 0.15) is 4.21 Å². The van der Waals surface area contributed by atoms with Gasteiger partial charge in [0.05, 0.1) is 0 Å². The summed E-state index contributed by atoms with van der Waals surface area (Å²) in [5, 5.41) is -0.298. The largest absolute Gasteiger partial charge is 0.270 e. The second kappa shape index (κ2) is 3.86. The fourth-order valence-electron chi connectivity index (χ4n) is 1.03. The van der Waals surface area contributed by atoms with Gasteiger partial charge in [-0.25, -0.2) is 8.42 Å². The normalized spacial score (nSPS) is 11.9. The lowest BCUT2D eigenvalue weighted by Crippen LogP contribution is -1.82. The minimum absolute atomic E-state index is 0.0768. The maximum absolute atomic E-state index is 12.7. The number of thiophene rings is 2. The summed E-state index contributed by atoms with van der Waals surface area (Å²) in [6.45, 7) is 0. The second-order valence-corrected chi connectivity index (χ2v) is 7.57. The van der Waals surface area contributed by atoms with Crippen molar-refractivity contribution in [3.63, 3.8) is 0 Å². The molecule has 0 atom stereocenters. The van der Waals surface area contributed by atoms with E-state index in [4.69, 9.17) is 10.7 Å². The molecule has 0 aliphatic carbocycles. The van der Waals surface area contributed by atoms with Gasteiger partial charge in [-0.05, 0) is 24.3 Å². The van der Waals surface area contributed by atoms with Crippen LogP contribution in [0, 0.1) is 5.13 Å². The van der Waals surface area contributed by atoms with Crippen LogP contribution in [0.4, 0.5) is 4.39 Å². The first-order valence-electron chi connectivity index (χ1n) is 3.77. The lowest BCUT2D eigenvalue weighted by molar-refractivity contribution is 0.611. The zero-order valence-corrected chi connectivity index (χ0v) is 10.3. The first kappa shape index (κ1) is 11.1. The van der Waals surface area contributed by atoms with Gasteiger partial charge in [-0.1, -0.05) is 0 Å². The van der Waals surface area contributed by atoms with E-state index in [1.165, 1.54) is 12.1 Å². The Hall–Kier alpha value is -0.430. The Labute approximate surface area is 98.4 Å². The lowest BCUT2D eigenvalue weighted by Gasteiger charge is -1.88. The molecule has 2 heterocycles. The number of rotatable bonds is 2. The van der Waals surface area contributed by atoms with Crippen LogP contribution < -0.4 is 0 Å². The van der Waals surface area contributed by atoms with Crippen molar-refractivity contribution in [2.75, 3.05) is 0 Å². The van der Waals surface area contributed by atoms with E-state index in [9.17, 15) is 12.8 Å². The molecule has 15 heavy (non-hydrogen) atoms. The highest BCUT2D eigenvalue weighted by Gasteiger charge is 2.14. The maximum Gasteiger partial charge on any atom is 0.270 e. The molecule has 0 unspecified atom stereocenters. The van der Waals surface area contributed by atoms with E-state index < -0.39 is 9.05 Å². The van der Waals surface area contributed by atoms with E-state index in [2.05, 4.69) is 0 Å². The molecule has 0 aromatic carbocycles. The Morgan fingerprint density at radius 3 is 2.13 bits per heavy atom. The summed E-state index contributed by atoms with van der Waals surface area (Å²) >= 11 is 2.00. The summed E-state index contributed by atoms with van der Waals surface area (Å²) in [5.74, 6) is 0. The molecule has 0 fully saturated rings. The monoisotopic (exact) mass is 282 g/mol. The molecule has 0 aliphatic heterocycles. The summed E-state index contributed by atoms with van der Waals surface area (Å²) in [4.78, 5) is 1.40. The number of hydrogen-bond acceptors (Lipinski definition) is 4. The Morgan fingerprint density at radius 2 is 1.67 bits per heavy atom. The van der Waals surface area contributed by atoms with Crippen molar-refractivity contribution >= 4 is 42.4 Å². The molecule has 0 spiro atoms. The van der Waals surface area contributed by atoms with Gasteiger partial charge in [0, 0.05) is 20.4 Å². The summed E-state index contributed by atoms with van der Waals surface area (Å²) < 4.78 is 34.8. The lowest BCUT2D eigenvalue weighted by atomic mass is 10.4. The van der Waals surface area contributed by atoms with Crippen molar-refractivity contribution in [1.29, 1.82) is 0 Å². The van der Waals surface area contributed by atoms with Gasteiger partial charge in [0.15, 0.2) is 5.13 Å². The molecule has 2 aromatic rings. The zero-order valence-electron chi connectivity index (χ0n) is 7.11. The molecule has 0 N–H and O–H groups in total. The third kappa shape index (κ3) is 2.39. The molecule has 0 saturated heterocycles. The molecule has 0 radical (unpaired) electrons. The van der Waals surface area contributed by atoms with Crippen molar-refractivity contribution in [3.8, 4) is 9.75 Å². The van der Waals surface area contributed by atoms with Gasteiger partial charge >= 0.3 is 0 Å². The maximum atomic E-state index is 12.7. The number of halogens is 2. The molecule has 2 rings (SSSR count). The summed E-state index contributed by atoms with van der Waals surface area (Å²) in [6, 6.07) is 5.98. The fourth-order valence-corrected chi connectivity index (χ4v) is 3.92. The highest BCUT2D eigenvalue weighted by atomic mass is 35.7. The standard InChI is InChI=1S/C8H4ClFO2S3/c9-15(11,12)8-4-2-6(14-8)5-1-3-7(10)13-5/h1-4H. The third-order valence-corrected chi connectivity index (χ3v) is 5.89. The second-order valence-electron chi connectivity index (χ2n) is 2.66. The van der Waals surface area contributed by atoms with Crippen LogP contribution in [0.2, 0.25) is 0 Å². The Bertz CT molecular complexity index is 585. The molecule has 2 aromatic heterocycles. The van der Waals surface area contributed by atoms with E-state index in [-0.39, 0.29) is 9.34 Å². The van der Waals surface area contributed by atoms with Crippen molar-refractivity contribution in [2.24, 2.45) is 0 Å². The molecular formula is C8H4ClFO2S3. The van der Waals surface area contributed by atoms with Gasteiger partial charge in [-0.3, -0.25) is 0 Å². The predicted octanol–water partition coefficient (Wildman–Crippen LogP) is 3.54. The molecule has 2 nitrogen and oxygen atoms in total. The van der Waals surface area contributed by atoms with Gasteiger partial charge in [-0.15, -0.1) is 22.7 Å². The average Bonchev–Trinajstić information content (AvgIpc) is 2.69. The third-order valence-electron chi connectivity index (χ3n) is 1.64. The van der Waals surface area contributed by atoms with Crippen LogP contribution in [0.3, 0.4) is 0 Å². The number of hydrogen-bond donors (Lipinski definition) is 0. The highest BCUT2D eigenvalue weighted by Crippen LogP contribution is 2.35. The zero-order chi connectivity index (χ0) is 11.1. The SMILES string of the molecule is O=S(=O)(Cl)c1ccc(-c2ccc(F)s2)s1. The van der Waals surface area contributed by atoms with Crippen LogP contribution in [0.1, 0.15) is 0 Å². The Balaban J connectivity index is 2.44. The fraction of sp³-hybridized carbons (Fsp3) is 0. The van der Waals surface area contributed by atoms with Crippen LogP contribution in [0.5, 0.6) is 0 Å². The molecule has 0 aliphatic rings. The van der Waals surface area contributed by atoms with Crippen LogP contribution in [0.25, 0.3) is 9.75 Å². The van der Waals surface area contributed by atoms with Gasteiger partial charge in [0.2, 0.25) is 0 Å². The molecule has 0 amide bonds. The van der Waals surface area contributed by atoms with Crippen molar-refractivity contribution in [3.05, 3.63) is 29.4 Å². The van der Waals surface area contributed by atoms with Crippen LogP contribution in [-0.2, 0) is 9.05 Å². The Kier molecular flexibility index (Phi) is 2.85. The minimum atomic E-state index is -3.68. The van der Waals surface area contributed by atoms with Gasteiger partial charge in [-0.2, -0.15) is 4.39 Å². The van der Waals surface area contributed by atoms with Crippen LogP contribution in [0.15, 0.2) is 28.5 Å². The van der Waals surface area contributed by atoms with Crippen LogP contribution in [-0.4, -0.2) is 8.42 Å². The smallest absolute Gasteiger partial charge is 0.206 e. The van der Waals surface area contributed by atoms with E-state index in [1.807, 2.05) is 0 Å². The first-order valence-corrected chi connectivity index (χ1v) is 7.71. The molecular weight excluding hydrogens is 279 g/mol. The van der Waals surface area contributed by atoms with E-state index >= 15 is 0 Å². The summed E-state index contributed by atoms with van der Waals surface area (Å²) in [7, 11) is 1.49. The summed E-state index contributed by atoms with van der Waals surface area (Å²) in [6.07, 6.45) is 0. The molecule has 7 heteroatoms. The molecule has 80 valence electrons. The van der Waals surface area contributed by atoms with Crippen molar-refractivity contribution < 1.29 is 12.8 Å². The summed E-state index contributed by atoms with van der Waals surface area (Å²) in [5.41, 5.74) is 0.